The number of aromatic nitrogens is 15. The highest BCUT2D eigenvalue weighted by molar-refractivity contribution is 6.31. The minimum atomic E-state index is -4.65. The molecule has 0 aliphatic carbocycles. The van der Waals surface area contributed by atoms with E-state index in [1.807, 2.05) is 49.4 Å². The zero-order valence-electron chi connectivity index (χ0n) is 80.5. The van der Waals surface area contributed by atoms with E-state index in [1.54, 1.807) is 217 Å². The molecule has 0 N–H and O–H groups in total. The largest absolute Gasteiger partial charge is 0.493 e. The van der Waals surface area contributed by atoms with Crippen LogP contribution in [0.3, 0.4) is 0 Å². The van der Waals surface area contributed by atoms with Gasteiger partial charge in [0.15, 0.2) is 28.8 Å². The summed E-state index contributed by atoms with van der Waals surface area (Å²) in [5.41, 5.74) is 6.37. The predicted octanol–water partition coefficient (Wildman–Crippen LogP) is 24.7. The van der Waals surface area contributed by atoms with Gasteiger partial charge in [-0.1, -0.05) is 131 Å². The fraction of sp³-hybridized carbons (Fsp3) is 0.134. The molecule has 0 unspecified atom stereocenters. The van der Waals surface area contributed by atoms with E-state index in [2.05, 4.69) is 55.3 Å². The average Bonchev–Trinajstić information content (AvgIpc) is 0.761. The molecule has 0 atom stereocenters. The average molecular weight is 2110 g/mol. The molecule has 38 heteroatoms. The SMILES string of the molecule is COc1cc2c(-c3ccc(C)nc3F)nn(Cc3ccc(Cl)cc3)c(=O)c2cc1OC.Cc1ccc(-c2nn(Cc3ccc(C#N)cc3)c(=O)c3cc(F)c(F)cc23)c(F)n1.Cc1ccc(-c2nn(Cc3ccc(Cl)cc3)c(=O)c3cc(C(F)(F)F)c(C)cc23)c(F)n1.Cc1ccc2c(=O)n(Cc3ccc(Cl)cc3)nc(-c3ccc(C)nc3F)c2c1.[C-]#[N+]c1ccc2c(=O)n(Cc3ccc(Cl)cc3)nc(-c3ccc(C)nc3F)c2c1. The van der Waals surface area contributed by atoms with Crippen LogP contribution in [-0.4, -0.2) is 88.0 Å². The van der Waals surface area contributed by atoms with Gasteiger partial charge < -0.3 is 9.47 Å². The molecule has 10 aromatic heterocycles. The van der Waals surface area contributed by atoms with E-state index in [0.717, 1.165) is 49.8 Å². The van der Waals surface area contributed by atoms with Crippen LogP contribution in [0.25, 0.3) is 115 Å². The Balaban J connectivity index is 0.000000134. The third kappa shape index (κ3) is 23.5. The van der Waals surface area contributed by atoms with Gasteiger partial charge in [-0.3, -0.25) is 24.0 Å². The van der Waals surface area contributed by atoms with Gasteiger partial charge in [0, 0.05) is 80.9 Å². The lowest BCUT2D eigenvalue weighted by Crippen LogP contribution is -2.25. The highest BCUT2D eigenvalue weighted by atomic mass is 35.5. The summed E-state index contributed by atoms with van der Waals surface area (Å²) < 4.78 is 158. The molecule has 0 saturated heterocycles. The Kier molecular flexibility index (Phi) is 31.6. The maximum Gasteiger partial charge on any atom is 0.416 e. The first-order valence-electron chi connectivity index (χ1n) is 45.5. The molecule has 150 heavy (non-hydrogen) atoms. The van der Waals surface area contributed by atoms with Crippen molar-refractivity contribution in [3.05, 3.63) is 458 Å². The summed E-state index contributed by atoms with van der Waals surface area (Å²) in [4.78, 5) is 87.9. The maximum absolute atomic E-state index is 14.8. The van der Waals surface area contributed by atoms with E-state index >= 15 is 0 Å². The first kappa shape index (κ1) is 105. The van der Waals surface area contributed by atoms with E-state index in [9.17, 15) is 67.9 Å². The Morgan fingerprint density at radius 1 is 0.320 bits per heavy atom. The van der Waals surface area contributed by atoms with Crippen LogP contribution in [0, 0.1) is 108 Å². The Labute approximate surface area is 866 Å². The highest BCUT2D eigenvalue weighted by Crippen LogP contribution is 2.41. The molecule has 20 rings (SSSR count). The first-order chi connectivity index (χ1) is 71.7. The number of hydrogen-bond acceptors (Lipinski definition) is 18. The monoisotopic (exact) mass is 2100 g/mol. The second kappa shape index (κ2) is 45.0. The number of rotatable bonds is 17. The molecule has 0 saturated carbocycles. The van der Waals surface area contributed by atoms with Gasteiger partial charge in [-0.05, 0) is 258 Å². The van der Waals surface area contributed by atoms with Gasteiger partial charge in [0.05, 0.1) is 120 Å². The Morgan fingerprint density at radius 3 is 0.880 bits per heavy atom. The number of benzene rings is 10. The lowest BCUT2D eigenvalue weighted by Gasteiger charge is -2.16. The molecule has 0 bridgehead atoms. The van der Waals surface area contributed by atoms with Crippen LogP contribution in [0.1, 0.15) is 78.5 Å². The van der Waals surface area contributed by atoms with Gasteiger partial charge in [-0.15, -0.1) is 0 Å². The van der Waals surface area contributed by atoms with Gasteiger partial charge >= 0.3 is 6.18 Å². The van der Waals surface area contributed by atoms with Crippen LogP contribution in [0.2, 0.25) is 20.1 Å². The van der Waals surface area contributed by atoms with Gasteiger partial charge in [-0.25, -0.2) is 62.0 Å². The van der Waals surface area contributed by atoms with Crippen molar-refractivity contribution in [3.8, 4) is 73.9 Å². The fourth-order valence-corrected chi connectivity index (χ4v) is 16.8. The molecule has 10 aromatic carbocycles. The molecular weight excluding hydrogens is 2030 g/mol. The molecule has 0 spiro atoms. The van der Waals surface area contributed by atoms with Crippen molar-refractivity contribution in [1.82, 2.24) is 73.8 Å². The quantitative estimate of drug-likeness (QED) is 0.0465. The minimum absolute atomic E-state index is 0.00656. The molecule has 10 heterocycles. The number of ether oxygens (including phenoxy) is 2. The Hall–Kier alpha value is -17.3. The smallest absolute Gasteiger partial charge is 0.416 e. The molecule has 752 valence electrons. The normalized spacial score (nSPS) is 11.2. The van der Waals surface area contributed by atoms with Crippen molar-refractivity contribution < 1.29 is 53.4 Å². The zero-order valence-corrected chi connectivity index (χ0v) is 83.6. The number of alkyl halides is 3. The Morgan fingerprint density at radius 2 is 0.580 bits per heavy atom. The zero-order chi connectivity index (χ0) is 107. The third-order valence-corrected chi connectivity index (χ3v) is 24.9. The van der Waals surface area contributed by atoms with Crippen molar-refractivity contribution >= 4 is 106 Å². The summed E-state index contributed by atoms with van der Waals surface area (Å²) >= 11 is 23.7. The molecule has 24 nitrogen and oxygen atoms in total. The second-order valence-corrected chi connectivity index (χ2v) is 36.2. The van der Waals surface area contributed by atoms with Crippen molar-refractivity contribution in [2.45, 2.75) is 87.4 Å². The predicted molar refractivity (Wildman–Crippen MR) is 556 cm³/mol. The van der Waals surface area contributed by atoms with Crippen molar-refractivity contribution in [1.29, 1.82) is 5.26 Å². The van der Waals surface area contributed by atoms with Crippen LogP contribution < -0.4 is 37.3 Å². The van der Waals surface area contributed by atoms with E-state index in [1.165, 1.54) is 53.4 Å². The molecule has 0 fully saturated rings. The molecule has 0 radical (unpaired) electrons. The number of methoxy groups -OCH3 is 2. The van der Waals surface area contributed by atoms with E-state index in [4.69, 9.17) is 67.7 Å². The first-order valence-corrected chi connectivity index (χ1v) is 47.0. The standard InChI is InChI=1S/C23H16ClF4N3O.C23H19ClFN3O3.C22H14ClFN4O.C22H17ClFN3O.C22H13F3N4O/c1-12-9-17-18(10-19(12)23(26,27)28)22(32)31(11-14-4-6-15(24)7-5-14)30-20(17)16-8-3-13(2)29-21(16)25;1-13-4-9-16(22(25)26-13)21-17-10-19(30-2)20(31-3)11-18(17)23(29)28(27-21)12-14-5-7-15(24)8-6-14;1-13-3-9-18(21(24)26-13)20-19-11-16(25-2)8-10-17(19)22(29)28(27-20)12-14-4-6-15(23)7-5-14;1-13-3-9-17-19(11-13)20(18-10-4-14(2)25-21(18)24)26-27(22(17)28)12-15-5-7-16(23)8-6-15;1-12-2-7-15(21(25)27-12)20-16-8-18(23)19(24)9-17(16)22(30)29(28-20)11-14-5-3-13(10-26)4-6-14/h3-10H,11H2,1-2H3;4-11H,12H2,1-3H3;3-11H,12H2,1H3;3-11H,12H2,1-2H3;2-9H,11H2,1H3. The summed E-state index contributed by atoms with van der Waals surface area (Å²) in [7, 11) is 2.98. The van der Waals surface area contributed by atoms with Crippen LogP contribution in [0.15, 0.2) is 279 Å². The fourth-order valence-electron chi connectivity index (χ4n) is 16.3. The molecular formula is C112H79Cl4F10N17O7. The van der Waals surface area contributed by atoms with Gasteiger partial charge in [0.1, 0.15) is 28.5 Å². The van der Waals surface area contributed by atoms with Crippen LogP contribution in [0.4, 0.5) is 49.6 Å². The van der Waals surface area contributed by atoms with Crippen molar-refractivity contribution in [3.63, 3.8) is 0 Å². The van der Waals surface area contributed by atoms with Crippen LogP contribution >= 0.6 is 46.4 Å². The maximum atomic E-state index is 14.8. The molecule has 0 amide bonds. The number of nitriles is 1. The van der Waals surface area contributed by atoms with E-state index < -0.39 is 64.2 Å². The lowest BCUT2D eigenvalue weighted by molar-refractivity contribution is -0.138. The number of aryl methyl sites for hydroxylation is 7. The summed E-state index contributed by atoms with van der Waals surface area (Å²) in [6.07, 6.45) is -4.65. The van der Waals surface area contributed by atoms with Crippen LogP contribution in [0.5, 0.6) is 11.5 Å². The van der Waals surface area contributed by atoms with Gasteiger partial charge in [0.25, 0.3) is 27.8 Å². The van der Waals surface area contributed by atoms with E-state index in [-0.39, 0.29) is 127 Å². The second-order valence-electron chi connectivity index (χ2n) is 34.5. The summed E-state index contributed by atoms with van der Waals surface area (Å²) in [5, 5.41) is 35.6. The summed E-state index contributed by atoms with van der Waals surface area (Å²) in [6.45, 7) is 19.4. The number of fused-ring (bicyclic) bond motifs is 5. The number of halogens is 14. The van der Waals surface area contributed by atoms with Crippen molar-refractivity contribution in [2.24, 2.45) is 0 Å². The summed E-state index contributed by atoms with van der Waals surface area (Å²) in [6, 6.07) is 69.4. The minimum Gasteiger partial charge on any atom is -0.493 e. The number of hydrogen-bond donors (Lipinski definition) is 0. The molecule has 0 aliphatic rings. The molecule has 0 aliphatic heterocycles. The highest BCUT2D eigenvalue weighted by Gasteiger charge is 2.35. The third-order valence-electron chi connectivity index (χ3n) is 23.9. The van der Waals surface area contributed by atoms with Gasteiger partial charge in [-0.2, -0.15) is 65.9 Å². The van der Waals surface area contributed by atoms with Crippen LogP contribution in [-0.2, 0) is 38.9 Å². The number of nitrogens with zero attached hydrogens (tertiary/aromatic N) is 17. The van der Waals surface area contributed by atoms with Gasteiger partial charge in [0.2, 0.25) is 29.7 Å². The number of pyridine rings is 5. The van der Waals surface area contributed by atoms with Crippen molar-refractivity contribution in [2.75, 3.05) is 14.2 Å². The lowest BCUT2D eigenvalue weighted by atomic mass is 9.99. The summed E-state index contributed by atoms with van der Waals surface area (Å²) in [5.74, 6) is -5.17. The molecule has 20 aromatic rings. The van der Waals surface area contributed by atoms with E-state index in [0.29, 0.717) is 120 Å². The Bertz CT molecular complexity index is 9150. The topological polar surface area (TPSA) is 286 Å².